The first-order valence-electron chi connectivity index (χ1n) is 5.50. The van der Waals surface area contributed by atoms with Crippen LogP contribution < -0.4 is 0 Å². The minimum absolute atomic E-state index is 0.0864. The second kappa shape index (κ2) is 6.60. The van der Waals surface area contributed by atoms with Crippen LogP contribution in [0.2, 0.25) is 0 Å². The molecule has 5 nitrogen and oxygen atoms in total. The van der Waals surface area contributed by atoms with Crippen molar-refractivity contribution in [1.29, 1.82) is 5.26 Å². The van der Waals surface area contributed by atoms with Gasteiger partial charge < -0.3 is 4.74 Å². The van der Waals surface area contributed by atoms with E-state index >= 15 is 0 Å². The van der Waals surface area contributed by atoms with E-state index in [1.54, 1.807) is 20.8 Å². The normalized spacial score (nSPS) is 11.9. The number of hydrogen-bond acceptors (Lipinski definition) is 5. The fourth-order valence-corrected chi connectivity index (χ4v) is 2.42. The Kier molecular flexibility index (Phi) is 6.18. The van der Waals surface area contributed by atoms with E-state index < -0.39 is 27.0 Å². The van der Waals surface area contributed by atoms with Crippen molar-refractivity contribution < 1.29 is 17.9 Å². The largest absolute Gasteiger partial charge is 0.465 e. The fraction of sp³-hybridized carbons (Fsp3) is 0.818. The van der Waals surface area contributed by atoms with E-state index in [-0.39, 0.29) is 12.4 Å². The maximum atomic E-state index is 11.5. The summed E-state index contributed by atoms with van der Waals surface area (Å²) in [6.45, 7) is 5.31. The first-order chi connectivity index (χ1) is 7.72. The molecule has 0 aromatic heterocycles. The van der Waals surface area contributed by atoms with Crippen molar-refractivity contribution in [1.82, 2.24) is 0 Å². The average Bonchev–Trinajstić information content (AvgIpc) is 2.16. The highest BCUT2D eigenvalue weighted by Gasteiger charge is 2.21. The maximum absolute atomic E-state index is 11.5. The third-order valence-corrected chi connectivity index (χ3v) is 3.79. The number of sulfone groups is 1. The summed E-state index contributed by atoms with van der Waals surface area (Å²) in [7, 11) is -3.42. The number of carbonyl (C=O) groups excluding carboxylic acids is 1. The number of carbonyl (C=O) groups is 1. The van der Waals surface area contributed by atoms with E-state index in [1.807, 2.05) is 0 Å². The van der Waals surface area contributed by atoms with Gasteiger partial charge in [-0.15, -0.1) is 0 Å². The Morgan fingerprint density at radius 1 is 1.41 bits per heavy atom. The molecule has 0 saturated heterocycles. The zero-order valence-electron chi connectivity index (χ0n) is 10.5. The van der Waals surface area contributed by atoms with E-state index in [1.165, 1.54) is 0 Å². The molecule has 0 unspecified atom stereocenters. The summed E-state index contributed by atoms with van der Waals surface area (Å²) in [5, 5.41) is 8.77. The van der Waals surface area contributed by atoms with Gasteiger partial charge in [0, 0.05) is 0 Å². The number of ether oxygens (including phenoxy) is 1. The lowest BCUT2D eigenvalue weighted by Crippen LogP contribution is -2.22. The monoisotopic (exact) mass is 261 g/mol. The lowest BCUT2D eigenvalue weighted by atomic mass is 9.90. The minimum Gasteiger partial charge on any atom is -0.465 e. The third kappa shape index (κ3) is 7.75. The lowest BCUT2D eigenvalue weighted by Gasteiger charge is -2.14. The maximum Gasteiger partial charge on any atom is 0.321 e. The van der Waals surface area contributed by atoms with E-state index in [9.17, 15) is 13.2 Å². The van der Waals surface area contributed by atoms with Gasteiger partial charge in [-0.1, -0.05) is 0 Å². The molecule has 0 aliphatic heterocycles. The highest BCUT2D eigenvalue weighted by atomic mass is 32.2. The summed E-state index contributed by atoms with van der Waals surface area (Å²) in [6, 6.07) is 2.10. The number of rotatable bonds is 7. The second-order valence-electron chi connectivity index (χ2n) is 4.50. The molecule has 0 saturated carbocycles. The molecule has 0 radical (unpaired) electrons. The van der Waals surface area contributed by atoms with Crippen molar-refractivity contribution in [2.75, 3.05) is 18.1 Å². The zero-order valence-corrected chi connectivity index (χ0v) is 11.3. The van der Waals surface area contributed by atoms with E-state index in [4.69, 9.17) is 5.26 Å². The molecule has 6 heteroatoms. The standard InChI is InChI=1S/C11H19NO4S/c1-4-16-10(13)8-17(14,15)7-5-6-11(2,3)9-12/h4-8H2,1-3H3. The van der Waals surface area contributed by atoms with Gasteiger partial charge in [-0.2, -0.15) is 5.26 Å². The van der Waals surface area contributed by atoms with Crippen LogP contribution in [0.1, 0.15) is 33.6 Å². The summed E-state index contributed by atoms with van der Waals surface area (Å²) in [6.07, 6.45) is 0.869. The van der Waals surface area contributed by atoms with E-state index in [0.717, 1.165) is 0 Å². The second-order valence-corrected chi connectivity index (χ2v) is 6.68. The molecular weight excluding hydrogens is 242 g/mol. The van der Waals surface area contributed by atoms with Gasteiger partial charge in [-0.25, -0.2) is 8.42 Å². The summed E-state index contributed by atoms with van der Waals surface area (Å²) in [5.74, 6) is -1.38. The van der Waals surface area contributed by atoms with Crippen LogP contribution in [-0.2, 0) is 19.4 Å². The van der Waals surface area contributed by atoms with Gasteiger partial charge in [0.2, 0.25) is 0 Å². The third-order valence-electron chi connectivity index (χ3n) is 2.20. The van der Waals surface area contributed by atoms with Gasteiger partial charge in [0.1, 0.15) is 5.75 Å². The first-order valence-corrected chi connectivity index (χ1v) is 7.32. The van der Waals surface area contributed by atoms with Crippen molar-refractivity contribution in [2.45, 2.75) is 33.6 Å². The van der Waals surface area contributed by atoms with Gasteiger partial charge in [-0.3, -0.25) is 4.79 Å². The zero-order chi connectivity index (χ0) is 13.5. The predicted molar refractivity (Wildman–Crippen MR) is 63.9 cm³/mol. The van der Waals surface area contributed by atoms with Crippen LogP contribution in [0.25, 0.3) is 0 Å². The van der Waals surface area contributed by atoms with Crippen LogP contribution in [0.3, 0.4) is 0 Å². The fourth-order valence-electron chi connectivity index (χ4n) is 1.24. The van der Waals surface area contributed by atoms with Crippen LogP contribution in [0.4, 0.5) is 0 Å². The van der Waals surface area contributed by atoms with Crippen LogP contribution >= 0.6 is 0 Å². The number of hydrogen-bond donors (Lipinski definition) is 0. The molecule has 0 aliphatic carbocycles. The molecule has 17 heavy (non-hydrogen) atoms. The lowest BCUT2D eigenvalue weighted by molar-refractivity contribution is -0.139. The Bertz CT molecular complexity index is 392. The van der Waals surface area contributed by atoms with Gasteiger partial charge in [0.15, 0.2) is 9.84 Å². The van der Waals surface area contributed by atoms with Crippen molar-refractivity contribution >= 4 is 15.8 Å². The Morgan fingerprint density at radius 2 is 2.00 bits per heavy atom. The summed E-state index contributed by atoms with van der Waals surface area (Å²) in [4.78, 5) is 11.0. The molecule has 0 atom stereocenters. The van der Waals surface area contributed by atoms with Crippen molar-refractivity contribution in [3.63, 3.8) is 0 Å². The molecule has 0 fully saturated rings. The molecule has 0 aromatic carbocycles. The Labute approximate surface area is 103 Å². The van der Waals surface area contributed by atoms with Crippen LogP contribution in [-0.4, -0.2) is 32.5 Å². The molecule has 0 heterocycles. The average molecular weight is 261 g/mol. The number of nitrogens with zero attached hydrogens (tertiary/aromatic N) is 1. The predicted octanol–water partition coefficient (Wildman–Crippen LogP) is 1.29. The van der Waals surface area contributed by atoms with E-state index in [2.05, 4.69) is 10.8 Å². The summed E-state index contributed by atoms with van der Waals surface area (Å²) >= 11 is 0. The smallest absolute Gasteiger partial charge is 0.321 e. The molecule has 0 aromatic rings. The molecule has 0 rings (SSSR count). The number of nitriles is 1. The van der Waals surface area contributed by atoms with Crippen LogP contribution in [0.15, 0.2) is 0 Å². The van der Waals surface area contributed by atoms with Gasteiger partial charge in [0.05, 0.1) is 23.8 Å². The van der Waals surface area contributed by atoms with Crippen LogP contribution in [0.5, 0.6) is 0 Å². The molecular formula is C11H19NO4S. The van der Waals surface area contributed by atoms with Gasteiger partial charge in [-0.05, 0) is 33.6 Å². The molecule has 0 aliphatic rings. The summed E-state index contributed by atoms with van der Waals surface area (Å²) in [5.41, 5.74) is -0.528. The van der Waals surface area contributed by atoms with Crippen molar-refractivity contribution in [3.05, 3.63) is 0 Å². The molecule has 0 bridgehead atoms. The molecule has 0 amide bonds. The van der Waals surface area contributed by atoms with E-state index in [0.29, 0.717) is 12.8 Å². The quantitative estimate of drug-likeness (QED) is 0.645. The van der Waals surface area contributed by atoms with Crippen molar-refractivity contribution in [3.8, 4) is 6.07 Å². The Hall–Kier alpha value is -1.09. The SMILES string of the molecule is CCOC(=O)CS(=O)(=O)CCCC(C)(C)C#N. The highest BCUT2D eigenvalue weighted by molar-refractivity contribution is 7.92. The summed E-state index contributed by atoms with van der Waals surface area (Å²) < 4.78 is 27.6. The van der Waals surface area contributed by atoms with Gasteiger partial charge >= 0.3 is 5.97 Å². The van der Waals surface area contributed by atoms with Crippen molar-refractivity contribution in [2.24, 2.45) is 5.41 Å². The molecule has 0 spiro atoms. The minimum atomic E-state index is -3.42. The molecule has 0 N–H and O–H groups in total. The van der Waals surface area contributed by atoms with Crippen LogP contribution in [0, 0.1) is 16.7 Å². The number of esters is 1. The molecule has 98 valence electrons. The highest BCUT2D eigenvalue weighted by Crippen LogP contribution is 2.20. The Morgan fingerprint density at radius 3 is 2.47 bits per heavy atom. The first kappa shape index (κ1) is 15.9. The topological polar surface area (TPSA) is 84.2 Å². The van der Waals surface area contributed by atoms with Gasteiger partial charge in [0.25, 0.3) is 0 Å². The Balaban J connectivity index is 4.13.